The normalized spacial score (nSPS) is 11.3. The van der Waals surface area contributed by atoms with Gasteiger partial charge in [-0.1, -0.05) is 43.7 Å². The van der Waals surface area contributed by atoms with Crippen molar-refractivity contribution in [2.75, 3.05) is 10.8 Å². The maximum atomic E-state index is 13.0. The fourth-order valence-corrected chi connectivity index (χ4v) is 4.53. The van der Waals surface area contributed by atoms with Crippen LogP contribution < -0.4 is 4.31 Å². The second-order valence-corrected chi connectivity index (χ2v) is 7.38. The lowest BCUT2D eigenvalue weighted by atomic mass is 10.3. The Morgan fingerprint density at radius 1 is 1.00 bits per heavy atom. The number of rotatable bonds is 6. The van der Waals surface area contributed by atoms with E-state index in [1.807, 2.05) is 43.3 Å². The number of unbranched alkanes of at least 4 members (excludes halogenated alkanes) is 1. The van der Waals surface area contributed by atoms with Crippen molar-refractivity contribution in [1.82, 2.24) is 0 Å². The molecule has 0 aromatic heterocycles. The highest BCUT2D eigenvalue weighted by Crippen LogP contribution is 2.28. The van der Waals surface area contributed by atoms with E-state index in [1.54, 1.807) is 18.2 Å². The van der Waals surface area contributed by atoms with Crippen LogP contribution >= 0.6 is 15.9 Å². The van der Waals surface area contributed by atoms with Gasteiger partial charge in [0.2, 0.25) is 0 Å². The summed E-state index contributed by atoms with van der Waals surface area (Å²) in [6, 6.07) is 16.1. The molecule has 0 aliphatic rings. The number of nitrogens with zero attached hydrogens (tertiary/aromatic N) is 1. The van der Waals surface area contributed by atoms with Gasteiger partial charge in [-0.2, -0.15) is 0 Å². The molecule has 0 aliphatic heterocycles. The minimum absolute atomic E-state index is 0.296. The fourth-order valence-electron chi connectivity index (χ4n) is 2.06. The Morgan fingerprint density at radius 3 is 2.24 bits per heavy atom. The van der Waals surface area contributed by atoms with E-state index in [4.69, 9.17) is 0 Å². The lowest BCUT2D eigenvalue weighted by Crippen LogP contribution is -2.32. The van der Waals surface area contributed by atoms with E-state index in [9.17, 15) is 8.42 Å². The van der Waals surface area contributed by atoms with Gasteiger partial charge in [0.25, 0.3) is 10.0 Å². The molecule has 5 heteroatoms. The molecule has 0 N–H and O–H groups in total. The topological polar surface area (TPSA) is 37.4 Å². The standard InChI is InChI=1S/C16H18BrNO2S/c1-2-3-13-18(14-9-5-4-6-10-14)21(19,20)16-12-8-7-11-15(16)17/h4-12H,2-3,13H2,1H3. The van der Waals surface area contributed by atoms with Gasteiger partial charge in [0.05, 0.1) is 5.69 Å². The summed E-state index contributed by atoms with van der Waals surface area (Å²) >= 11 is 3.34. The minimum Gasteiger partial charge on any atom is -0.266 e. The molecule has 0 spiro atoms. The second kappa shape index (κ2) is 7.09. The molecule has 0 bridgehead atoms. The zero-order valence-corrected chi connectivity index (χ0v) is 14.3. The third-order valence-electron chi connectivity index (χ3n) is 3.16. The molecular formula is C16H18BrNO2S. The van der Waals surface area contributed by atoms with Crippen LogP contribution in [0.3, 0.4) is 0 Å². The van der Waals surface area contributed by atoms with Gasteiger partial charge in [-0.25, -0.2) is 8.42 Å². The molecular weight excluding hydrogens is 350 g/mol. The highest BCUT2D eigenvalue weighted by molar-refractivity contribution is 9.10. The van der Waals surface area contributed by atoms with Crippen molar-refractivity contribution in [2.45, 2.75) is 24.7 Å². The third kappa shape index (κ3) is 3.66. The number of hydrogen-bond acceptors (Lipinski definition) is 2. The van der Waals surface area contributed by atoms with Gasteiger partial charge >= 0.3 is 0 Å². The lowest BCUT2D eigenvalue weighted by molar-refractivity contribution is 0.588. The van der Waals surface area contributed by atoms with Crippen molar-refractivity contribution in [2.24, 2.45) is 0 Å². The molecule has 0 fully saturated rings. The van der Waals surface area contributed by atoms with Crippen LogP contribution in [0.4, 0.5) is 5.69 Å². The van der Waals surface area contributed by atoms with Crippen LogP contribution in [0.15, 0.2) is 64.0 Å². The van der Waals surface area contributed by atoms with Gasteiger partial charge in [0.1, 0.15) is 4.90 Å². The summed E-state index contributed by atoms with van der Waals surface area (Å²) in [7, 11) is -3.57. The van der Waals surface area contributed by atoms with Crippen LogP contribution in [0, 0.1) is 0 Å². The predicted molar refractivity (Wildman–Crippen MR) is 90.0 cm³/mol. The molecule has 0 unspecified atom stereocenters. The quantitative estimate of drug-likeness (QED) is 0.756. The van der Waals surface area contributed by atoms with Crippen molar-refractivity contribution in [3.8, 4) is 0 Å². The van der Waals surface area contributed by atoms with Crippen molar-refractivity contribution in [1.29, 1.82) is 0 Å². The second-order valence-electron chi connectivity index (χ2n) is 4.70. The molecule has 0 radical (unpaired) electrons. The Kier molecular flexibility index (Phi) is 5.42. The first-order valence-electron chi connectivity index (χ1n) is 6.89. The van der Waals surface area contributed by atoms with E-state index < -0.39 is 10.0 Å². The highest BCUT2D eigenvalue weighted by atomic mass is 79.9. The molecule has 2 aromatic carbocycles. The summed E-state index contributed by atoms with van der Waals surface area (Å²) in [5.74, 6) is 0. The molecule has 0 amide bonds. The van der Waals surface area contributed by atoms with Crippen LogP contribution in [-0.2, 0) is 10.0 Å². The number of para-hydroxylation sites is 1. The predicted octanol–water partition coefficient (Wildman–Crippen LogP) is 4.44. The van der Waals surface area contributed by atoms with Crippen LogP contribution in [-0.4, -0.2) is 15.0 Å². The summed E-state index contributed by atoms with van der Waals surface area (Å²) < 4.78 is 28.0. The Labute approximate surface area is 134 Å². The average molecular weight is 368 g/mol. The van der Waals surface area contributed by atoms with Crippen LogP contribution in [0.5, 0.6) is 0 Å². The summed E-state index contributed by atoms with van der Waals surface area (Å²) in [6.45, 7) is 2.53. The number of halogens is 1. The van der Waals surface area contributed by atoms with Crippen LogP contribution in [0.2, 0.25) is 0 Å². The molecule has 0 heterocycles. The Balaban J connectivity index is 2.48. The van der Waals surface area contributed by atoms with Gasteiger partial charge < -0.3 is 0 Å². The number of benzene rings is 2. The molecule has 21 heavy (non-hydrogen) atoms. The minimum atomic E-state index is -3.57. The monoisotopic (exact) mass is 367 g/mol. The smallest absolute Gasteiger partial charge is 0.265 e. The lowest BCUT2D eigenvalue weighted by Gasteiger charge is -2.25. The van der Waals surface area contributed by atoms with Gasteiger partial charge in [-0.3, -0.25) is 4.31 Å². The van der Waals surface area contributed by atoms with E-state index in [0.29, 0.717) is 21.6 Å². The summed E-state index contributed by atoms with van der Waals surface area (Å²) in [6.07, 6.45) is 1.76. The fraction of sp³-hybridized carbons (Fsp3) is 0.250. The molecule has 2 rings (SSSR count). The van der Waals surface area contributed by atoms with Crippen LogP contribution in [0.1, 0.15) is 19.8 Å². The van der Waals surface area contributed by atoms with Gasteiger partial charge in [0.15, 0.2) is 0 Å². The van der Waals surface area contributed by atoms with E-state index >= 15 is 0 Å². The molecule has 2 aromatic rings. The Bertz CT molecular complexity index is 686. The molecule has 0 saturated heterocycles. The number of hydrogen-bond donors (Lipinski definition) is 0. The largest absolute Gasteiger partial charge is 0.266 e. The summed E-state index contributed by atoms with van der Waals surface area (Å²) in [5, 5.41) is 0. The van der Waals surface area contributed by atoms with Crippen LogP contribution in [0.25, 0.3) is 0 Å². The molecule has 0 saturated carbocycles. The SMILES string of the molecule is CCCCN(c1ccccc1)S(=O)(=O)c1ccccc1Br. The summed E-state index contributed by atoms with van der Waals surface area (Å²) in [4.78, 5) is 0.296. The Hall–Kier alpha value is -1.33. The first-order chi connectivity index (χ1) is 10.1. The van der Waals surface area contributed by atoms with Gasteiger partial charge in [-0.15, -0.1) is 0 Å². The van der Waals surface area contributed by atoms with Gasteiger partial charge in [0, 0.05) is 11.0 Å². The molecule has 112 valence electrons. The Morgan fingerprint density at radius 2 is 1.62 bits per heavy atom. The van der Waals surface area contributed by atoms with Crippen molar-refractivity contribution < 1.29 is 8.42 Å². The molecule has 3 nitrogen and oxygen atoms in total. The number of sulfonamides is 1. The first-order valence-corrected chi connectivity index (χ1v) is 9.13. The van der Waals surface area contributed by atoms with Crippen molar-refractivity contribution >= 4 is 31.6 Å². The first kappa shape index (κ1) is 16.0. The van der Waals surface area contributed by atoms with E-state index in [-0.39, 0.29) is 0 Å². The van der Waals surface area contributed by atoms with Crippen molar-refractivity contribution in [3.05, 3.63) is 59.1 Å². The maximum absolute atomic E-state index is 13.0. The van der Waals surface area contributed by atoms with Crippen molar-refractivity contribution in [3.63, 3.8) is 0 Å². The number of anilines is 1. The maximum Gasteiger partial charge on any atom is 0.265 e. The summed E-state index contributed by atoms with van der Waals surface area (Å²) in [5.41, 5.74) is 0.696. The molecule has 0 atom stereocenters. The zero-order valence-electron chi connectivity index (χ0n) is 11.9. The zero-order chi connectivity index (χ0) is 15.3. The van der Waals surface area contributed by atoms with E-state index in [1.165, 1.54) is 4.31 Å². The van der Waals surface area contributed by atoms with E-state index in [0.717, 1.165) is 12.8 Å². The highest BCUT2D eigenvalue weighted by Gasteiger charge is 2.26. The van der Waals surface area contributed by atoms with Gasteiger partial charge in [-0.05, 0) is 46.6 Å². The van der Waals surface area contributed by atoms with E-state index in [2.05, 4.69) is 15.9 Å². The average Bonchev–Trinajstić information content (AvgIpc) is 2.49. The molecule has 0 aliphatic carbocycles. The third-order valence-corrected chi connectivity index (χ3v) is 6.00.